The van der Waals surface area contributed by atoms with Crippen LogP contribution in [0.2, 0.25) is 4.34 Å². The molecule has 0 saturated carbocycles. The third kappa shape index (κ3) is 3.98. The number of anilines is 1. The molecule has 0 atom stereocenters. The van der Waals surface area contributed by atoms with E-state index < -0.39 is 11.2 Å². The zero-order chi connectivity index (χ0) is 16.1. The van der Waals surface area contributed by atoms with E-state index in [0.29, 0.717) is 29.1 Å². The second-order valence-electron chi connectivity index (χ2n) is 4.22. The molecule has 0 aromatic carbocycles. The molecule has 1 aromatic rings. The number of ether oxygens (including phenoxy) is 1. The average Bonchev–Trinajstić information content (AvgIpc) is 3.05. The number of guanidine groups is 1. The molecule has 1 aliphatic rings. The van der Waals surface area contributed by atoms with Crippen LogP contribution in [0.1, 0.15) is 5.56 Å². The summed E-state index contributed by atoms with van der Waals surface area (Å²) < 4.78 is 5.46. The van der Waals surface area contributed by atoms with Crippen LogP contribution in [-0.4, -0.2) is 48.3 Å². The number of nitrogens with one attached hydrogen (secondary N) is 1. The number of aryl methyl sites for hydroxylation is 1. The van der Waals surface area contributed by atoms with Crippen LogP contribution < -0.4 is 5.32 Å². The fourth-order valence-electron chi connectivity index (χ4n) is 1.72. The van der Waals surface area contributed by atoms with Crippen molar-refractivity contribution in [1.82, 2.24) is 4.90 Å². The van der Waals surface area contributed by atoms with Crippen molar-refractivity contribution in [2.45, 2.75) is 6.92 Å². The maximum Gasteiger partial charge on any atom is 0.416 e. The molecule has 0 unspecified atom stereocenters. The molecule has 0 bridgehead atoms. The fourth-order valence-corrected chi connectivity index (χ4v) is 2.78. The molecule has 0 fully saturated rings. The minimum atomic E-state index is -0.945. The summed E-state index contributed by atoms with van der Waals surface area (Å²) in [5.41, 5.74) is 1.64. The zero-order valence-electron chi connectivity index (χ0n) is 11.6. The molecular formula is C11H13ClN4O5S. The van der Waals surface area contributed by atoms with Gasteiger partial charge in [-0.15, -0.1) is 21.5 Å². The number of aliphatic imine (C=N–C) groups is 1. The number of halogens is 1. The van der Waals surface area contributed by atoms with Gasteiger partial charge in [-0.1, -0.05) is 11.6 Å². The Balaban J connectivity index is 1.90. The van der Waals surface area contributed by atoms with Gasteiger partial charge in [0.05, 0.1) is 18.8 Å². The van der Waals surface area contributed by atoms with E-state index in [0.717, 1.165) is 5.56 Å². The van der Waals surface area contributed by atoms with Crippen LogP contribution in [0, 0.1) is 17.0 Å². The Morgan fingerprint density at radius 1 is 1.64 bits per heavy atom. The van der Waals surface area contributed by atoms with Crippen LogP contribution in [0.4, 0.5) is 10.5 Å². The molecule has 0 radical (unpaired) electrons. The lowest BCUT2D eigenvalue weighted by atomic mass is 10.3. The number of rotatable bonds is 5. The quantitative estimate of drug-likeness (QED) is 0.496. The first-order chi connectivity index (χ1) is 10.5. The van der Waals surface area contributed by atoms with Gasteiger partial charge in [0.2, 0.25) is 5.96 Å². The molecule has 2 heterocycles. The summed E-state index contributed by atoms with van der Waals surface area (Å²) in [5.74, 6) is 0.337. The first-order valence-corrected chi connectivity index (χ1v) is 7.51. The van der Waals surface area contributed by atoms with Crippen molar-refractivity contribution in [1.29, 1.82) is 0 Å². The SMILES string of the molecule is Cc1csc(Cl)c1NC1=NCCN1C(=O)OCCO[N+](=O)[O-]. The van der Waals surface area contributed by atoms with Gasteiger partial charge in [-0.3, -0.25) is 4.99 Å². The minimum absolute atomic E-state index is 0.220. The van der Waals surface area contributed by atoms with E-state index in [1.165, 1.54) is 16.2 Å². The van der Waals surface area contributed by atoms with Crippen LogP contribution >= 0.6 is 22.9 Å². The van der Waals surface area contributed by atoms with Gasteiger partial charge in [-0.05, 0) is 17.9 Å². The van der Waals surface area contributed by atoms with E-state index in [9.17, 15) is 14.9 Å². The second kappa shape index (κ2) is 7.27. The molecule has 0 saturated heterocycles. The van der Waals surface area contributed by atoms with Gasteiger partial charge in [0, 0.05) is 0 Å². The van der Waals surface area contributed by atoms with Gasteiger partial charge in [0.1, 0.15) is 17.6 Å². The maximum absolute atomic E-state index is 11.9. The number of carbonyl (C=O) groups excluding carboxylic acids is 1. The van der Waals surface area contributed by atoms with E-state index in [4.69, 9.17) is 16.3 Å². The molecule has 22 heavy (non-hydrogen) atoms. The van der Waals surface area contributed by atoms with Crippen molar-refractivity contribution < 1.29 is 19.5 Å². The smallest absolute Gasteiger partial charge is 0.416 e. The Morgan fingerprint density at radius 3 is 3.05 bits per heavy atom. The predicted molar refractivity (Wildman–Crippen MR) is 81.0 cm³/mol. The Bertz CT molecular complexity index is 586. The first kappa shape index (κ1) is 16.3. The predicted octanol–water partition coefficient (Wildman–Crippen LogP) is 2.14. The Hall–Kier alpha value is -2.07. The van der Waals surface area contributed by atoms with Crippen LogP contribution in [0.15, 0.2) is 10.4 Å². The van der Waals surface area contributed by atoms with E-state index >= 15 is 0 Å². The van der Waals surface area contributed by atoms with Crippen LogP contribution in [0.25, 0.3) is 0 Å². The van der Waals surface area contributed by atoms with Crippen molar-refractivity contribution in [2.24, 2.45) is 4.99 Å². The molecule has 120 valence electrons. The van der Waals surface area contributed by atoms with Gasteiger partial charge in [-0.25, -0.2) is 9.69 Å². The topological polar surface area (TPSA) is 106 Å². The number of amides is 1. The largest absolute Gasteiger partial charge is 0.447 e. The number of hydrogen-bond donors (Lipinski definition) is 1. The van der Waals surface area contributed by atoms with Crippen molar-refractivity contribution in [2.75, 3.05) is 31.6 Å². The van der Waals surface area contributed by atoms with E-state index in [1.807, 2.05) is 12.3 Å². The molecule has 0 aliphatic carbocycles. The fraction of sp³-hybridized carbons (Fsp3) is 0.455. The minimum Gasteiger partial charge on any atom is -0.447 e. The lowest BCUT2D eigenvalue weighted by molar-refractivity contribution is -0.757. The molecule has 1 aromatic heterocycles. The molecule has 1 N–H and O–H groups in total. The van der Waals surface area contributed by atoms with Crippen LogP contribution in [0.5, 0.6) is 0 Å². The highest BCUT2D eigenvalue weighted by molar-refractivity contribution is 7.15. The number of carbonyl (C=O) groups is 1. The molecule has 1 amide bonds. The highest BCUT2D eigenvalue weighted by Gasteiger charge is 2.26. The molecule has 1 aliphatic heterocycles. The van der Waals surface area contributed by atoms with Crippen molar-refractivity contribution in [3.05, 3.63) is 25.4 Å². The van der Waals surface area contributed by atoms with Gasteiger partial charge in [-0.2, -0.15) is 0 Å². The summed E-state index contributed by atoms with van der Waals surface area (Å²) in [6.45, 7) is 2.14. The van der Waals surface area contributed by atoms with Crippen LogP contribution in [0.3, 0.4) is 0 Å². The van der Waals surface area contributed by atoms with Gasteiger partial charge in [0.25, 0.3) is 5.09 Å². The second-order valence-corrected chi connectivity index (χ2v) is 5.70. The highest BCUT2D eigenvalue weighted by atomic mass is 35.5. The standard InChI is InChI=1S/C11H13ClN4O5S/c1-7-6-22-9(12)8(7)14-10-13-2-3-15(10)11(17)20-4-5-21-16(18)19/h6H,2-5H2,1H3,(H,13,14). The molecular weight excluding hydrogens is 336 g/mol. The van der Waals surface area contributed by atoms with Crippen molar-refractivity contribution in [3.8, 4) is 0 Å². The number of nitrogens with zero attached hydrogens (tertiary/aromatic N) is 3. The van der Waals surface area contributed by atoms with E-state index in [2.05, 4.69) is 15.1 Å². The van der Waals surface area contributed by atoms with Gasteiger partial charge < -0.3 is 14.9 Å². The average molecular weight is 349 g/mol. The molecule has 0 spiro atoms. The summed E-state index contributed by atoms with van der Waals surface area (Å²) in [5, 5.41) is 13.9. The highest BCUT2D eigenvalue weighted by Crippen LogP contribution is 2.32. The Kier molecular flexibility index (Phi) is 5.39. The Morgan fingerprint density at radius 2 is 2.41 bits per heavy atom. The lowest BCUT2D eigenvalue weighted by Crippen LogP contribution is -2.39. The molecule has 11 heteroatoms. The third-order valence-electron chi connectivity index (χ3n) is 2.73. The van der Waals surface area contributed by atoms with Crippen molar-refractivity contribution >= 4 is 40.7 Å². The summed E-state index contributed by atoms with van der Waals surface area (Å²) in [6.07, 6.45) is -0.653. The Labute approximate surface area is 134 Å². The maximum atomic E-state index is 11.9. The number of thiophene rings is 1. The monoisotopic (exact) mass is 348 g/mol. The van der Waals surface area contributed by atoms with Crippen LogP contribution in [-0.2, 0) is 9.57 Å². The zero-order valence-corrected chi connectivity index (χ0v) is 13.1. The summed E-state index contributed by atoms with van der Waals surface area (Å²) in [6, 6.07) is 0. The normalized spacial score (nSPS) is 13.7. The van der Waals surface area contributed by atoms with Gasteiger partial charge in [0.15, 0.2) is 0 Å². The summed E-state index contributed by atoms with van der Waals surface area (Å²) in [4.78, 5) is 31.5. The number of hydrogen-bond acceptors (Lipinski definition) is 8. The lowest BCUT2D eigenvalue weighted by Gasteiger charge is -2.19. The van der Waals surface area contributed by atoms with E-state index in [-0.39, 0.29) is 13.2 Å². The first-order valence-electron chi connectivity index (χ1n) is 6.25. The molecule has 2 rings (SSSR count). The van der Waals surface area contributed by atoms with Gasteiger partial charge >= 0.3 is 6.09 Å². The van der Waals surface area contributed by atoms with Crippen molar-refractivity contribution in [3.63, 3.8) is 0 Å². The summed E-state index contributed by atoms with van der Waals surface area (Å²) in [7, 11) is 0. The third-order valence-corrected chi connectivity index (χ3v) is 4.07. The molecule has 9 nitrogen and oxygen atoms in total. The summed E-state index contributed by atoms with van der Waals surface area (Å²) >= 11 is 7.45. The van der Waals surface area contributed by atoms with E-state index in [1.54, 1.807) is 0 Å².